The van der Waals surface area contributed by atoms with Gasteiger partial charge in [0.1, 0.15) is 0 Å². The molecule has 1 unspecified atom stereocenters. The SMILES string of the molecule is CCN1CCN(S(=O)(=O)c2cc(Cl)cc(C(N)=O)c2)CC12CCOC2. The van der Waals surface area contributed by atoms with Crippen molar-refractivity contribution in [3.05, 3.63) is 28.8 Å². The van der Waals surface area contributed by atoms with Crippen LogP contribution in [0.4, 0.5) is 0 Å². The molecule has 0 aliphatic carbocycles. The molecule has 138 valence electrons. The Kier molecular flexibility index (Phi) is 5.09. The standard InChI is InChI=1S/C16H22ClN3O4S/c1-2-19-4-5-20(10-16(19)3-6-24-11-16)25(22,23)14-8-12(15(18)21)7-13(17)9-14/h7-9H,2-6,10-11H2,1H3,(H2,18,21). The Morgan fingerprint density at radius 2 is 2.12 bits per heavy atom. The average molecular weight is 388 g/mol. The summed E-state index contributed by atoms with van der Waals surface area (Å²) in [6.07, 6.45) is 0.801. The number of sulfonamides is 1. The summed E-state index contributed by atoms with van der Waals surface area (Å²) in [5, 5.41) is 0.168. The summed E-state index contributed by atoms with van der Waals surface area (Å²) in [7, 11) is -3.78. The maximum atomic E-state index is 13.1. The van der Waals surface area contributed by atoms with E-state index in [9.17, 15) is 13.2 Å². The zero-order chi connectivity index (χ0) is 18.2. The minimum atomic E-state index is -3.78. The number of nitrogens with two attached hydrogens (primary N) is 1. The summed E-state index contributed by atoms with van der Waals surface area (Å²) in [4.78, 5) is 13.7. The summed E-state index contributed by atoms with van der Waals surface area (Å²) in [5.41, 5.74) is 5.07. The number of carbonyl (C=O) groups excluding carboxylic acids is 1. The van der Waals surface area contributed by atoms with Gasteiger partial charge < -0.3 is 10.5 Å². The Morgan fingerprint density at radius 1 is 1.36 bits per heavy atom. The van der Waals surface area contributed by atoms with E-state index in [1.165, 1.54) is 22.5 Å². The van der Waals surface area contributed by atoms with Crippen LogP contribution in [0.5, 0.6) is 0 Å². The molecule has 2 aliphatic rings. The number of primary amides is 1. The second-order valence-electron chi connectivity index (χ2n) is 6.49. The second kappa shape index (κ2) is 6.85. The Bertz CT molecular complexity index is 778. The predicted molar refractivity (Wildman–Crippen MR) is 94.1 cm³/mol. The van der Waals surface area contributed by atoms with E-state index in [-0.39, 0.29) is 21.0 Å². The van der Waals surface area contributed by atoms with Gasteiger partial charge in [-0.25, -0.2) is 8.42 Å². The molecule has 1 spiro atoms. The number of nitrogens with zero attached hydrogens (tertiary/aromatic N) is 2. The van der Waals surface area contributed by atoms with Crippen molar-refractivity contribution >= 4 is 27.5 Å². The van der Waals surface area contributed by atoms with Crippen molar-refractivity contribution < 1.29 is 17.9 Å². The summed E-state index contributed by atoms with van der Waals surface area (Å²) in [5.74, 6) is -0.713. The average Bonchev–Trinajstić information content (AvgIpc) is 3.02. The van der Waals surface area contributed by atoms with Gasteiger partial charge in [0, 0.05) is 36.8 Å². The van der Waals surface area contributed by atoms with Crippen molar-refractivity contribution in [1.29, 1.82) is 0 Å². The zero-order valence-electron chi connectivity index (χ0n) is 14.1. The normalized spacial score (nSPS) is 25.5. The zero-order valence-corrected chi connectivity index (χ0v) is 15.6. The van der Waals surface area contributed by atoms with Gasteiger partial charge in [-0.15, -0.1) is 0 Å². The van der Waals surface area contributed by atoms with Crippen LogP contribution in [0.2, 0.25) is 5.02 Å². The number of amides is 1. The maximum absolute atomic E-state index is 13.1. The fraction of sp³-hybridized carbons (Fsp3) is 0.562. The number of hydrogen-bond donors (Lipinski definition) is 1. The van der Waals surface area contributed by atoms with Crippen LogP contribution in [-0.2, 0) is 14.8 Å². The molecule has 1 aromatic rings. The Morgan fingerprint density at radius 3 is 2.72 bits per heavy atom. The molecule has 0 saturated carbocycles. The lowest BCUT2D eigenvalue weighted by molar-refractivity contribution is 0.0214. The Labute approximate surface area is 152 Å². The van der Waals surface area contributed by atoms with Crippen LogP contribution >= 0.6 is 11.6 Å². The summed E-state index contributed by atoms with van der Waals surface area (Å²) in [6.45, 7) is 5.46. The number of piperazine rings is 1. The first-order valence-electron chi connectivity index (χ1n) is 8.22. The molecule has 0 radical (unpaired) electrons. The number of halogens is 1. The molecule has 1 atom stereocenters. The molecular formula is C16H22ClN3O4S. The molecule has 3 rings (SSSR count). The van der Waals surface area contributed by atoms with E-state index in [1.807, 2.05) is 0 Å². The molecular weight excluding hydrogens is 366 g/mol. The first kappa shape index (κ1) is 18.6. The number of carbonyl (C=O) groups is 1. The third-order valence-corrected chi connectivity index (χ3v) is 7.06. The number of likely N-dealkylation sites (N-methyl/N-ethyl adjacent to an activating group) is 1. The van der Waals surface area contributed by atoms with Gasteiger partial charge in [0.25, 0.3) is 0 Å². The summed E-state index contributed by atoms with van der Waals surface area (Å²) in [6, 6.07) is 4.01. The van der Waals surface area contributed by atoms with Crippen molar-refractivity contribution in [1.82, 2.24) is 9.21 Å². The van der Waals surface area contributed by atoms with Crippen molar-refractivity contribution in [2.75, 3.05) is 39.4 Å². The number of ether oxygens (including phenoxy) is 1. The minimum absolute atomic E-state index is 0.00665. The third kappa shape index (κ3) is 3.41. The van der Waals surface area contributed by atoms with Crippen LogP contribution < -0.4 is 5.73 Å². The quantitative estimate of drug-likeness (QED) is 0.829. The number of hydrogen-bond acceptors (Lipinski definition) is 5. The Balaban J connectivity index is 1.94. The van der Waals surface area contributed by atoms with Gasteiger partial charge in [-0.05, 0) is 31.2 Å². The lowest BCUT2D eigenvalue weighted by Gasteiger charge is -2.47. The van der Waals surface area contributed by atoms with Crippen LogP contribution in [0.3, 0.4) is 0 Å². The molecule has 7 nitrogen and oxygen atoms in total. The van der Waals surface area contributed by atoms with Crippen molar-refractivity contribution in [3.63, 3.8) is 0 Å². The lowest BCUT2D eigenvalue weighted by Crippen LogP contribution is -2.63. The smallest absolute Gasteiger partial charge is 0.248 e. The van der Waals surface area contributed by atoms with E-state index >= 15 is 0 Å². The van der Waals surface area contributed by atoms with E-state index in [4.69, 9.17) is 22.1 Å². The second-order valence-corrected chi connectivity index (χ2v) is 8.86. The fourth-order valence-corrected chi connectivity index (χ4v) is 5.53. The highest BCUT2D eigenvalue weighted by atomic mass is 35.5. The monoisotopic (exact) mass is 387 g/mol. The van der Waals surface area contributed by atoms with E-state index in [0.717, 1.165) is 13.0 Å². The third-order valence-electron chi connectivity index (χ3n) is 5.02. The first-order valence-corrected chi connectivity index (χ1v) is 10.0. The summed E-state index contributed by atoms with van der Waals surface area (Å²) >= 11 is 5.99. The van der Waals surface area contributed by atoms with Crippen molar-refractivity contribution in [2.45, 2.75) is 23.8 Å². The van der Waals surface area contributed by atoms with E-state index in [2.05, 4.69) is 11.8 Å². The fourth-order valence-electron chi connectivity index (χ4n) is 3.65. The topological polar surface area (TPSA) is 92.9 Å². The van der Waals surface area contributed by atoms with Gasteiger partial charge in [-0.1, -0.05) is 18.5 Å². The van der Waals surface area contributed by atoms with Crippen LogP contribution in [0.1, 0.15) is 23.7 Å². The molecule has 1 aromatic carbocycles. The molecule has 2 N–H and O–H groups in total. The van der Waals surface area contributed by atoms with E-state index in [1.54, 1.807) is 0 Å². The van der Waals surface area contributed by atoms with Gasteiger partial charge in [-0.3, -0.25) is 9.69 Å². The summed E-state index contributed by atoms with van der Waals surface area (Å²) < 4.78 is 33.2. The molecule has 2 aliphatic heterocycles. The molecule has 0 bridgehead atoms. The van der Waals surface area contributed by atoms with E-state index < -0.39 is 15.9 Å². The predicted octanol–water partition coefficient (Wildman–Crippen LogP) is 0.924. The molecule has 9 heteroatoms. The van der Waals surface area contributed by atoms with Crippen LogP contribution in [0.25, 0.3) is 0 Å². The molecule has 2 saturated heterocycles. The lowest BCUT2D eigenvalue weighted by atomic mass is 9.94. The van der Waals surface area contributed by atoms with Gasteiger partial charge in [0.05, 0.1) is 17.0 Å². The van der Waals surface area contributed by atoms with Crippen molar-refractivity contribution in [2.24, 2.45) is 5.73 Å². The van der Waals surface area contributed by atoms with E-state index in [0.29, 0.717) is 32.8 Å². The largest absolute Gasteiger partial charge is 0.379 e. The van der Waals surface area contributed by atoms with Gasteiger partial charge >= 0.3 is 0 Å². The molecule has 2 heterocycles. The first-order chi connectivity index (χ1) is 11.8. The van der Waals surface area contributed by atoms with Gasteiger partial charge in [0.2, 0.25) is 15.9 Å². The van der Waals surface area contributed by atoms with Crippen LogP contribution in [-0.4, -0.2) is 68.5 Å². The van der Waals surface area contributed by atoms with Crippen molar-refractivity contribution in [3.8, 4) is 0 Å². The Hall–Kier alpha value is -1.19. The number of rotatable bonds is 4. The highest BCUT2D eigenvalue weighted by molar-refractivity contribution is 7.89. The number of benzene rings is 1. The highest BCUT2D eigenvalue weighted by Crippen LogP contribution is 2.33. The molecule has 25 heavy (non-hydrogen) atoms. The van der Waals surface area contributed by atoms with Gasteiger partial charge in [-0.2, -0.15) is 4.31 Å². The molecule has 0 aromatic heterocycles. The van der Waals surface area contributed by atoms with Crippen LogP contribution in [0.15, 0.2) is 23.1 Å². The van der Waals surface area contributed by atoms with Crippen LogP contribution in [0, 0.1) is 0 Å². The molecule has 2 fully saturated rings. The highest BCUT2D eigenvalue weighted by Gasteiger charge is 2.47. The maximum Gasteiger partial charge on any atom is 0.248 e. The van der Waals surface area contributed by atoms with Gasteiger partial charge in [0.15, 0.2) is 0 Å². The minimum Gasteiger partial charge on any atom is -0.379 e. The molecule has 1 amide bonds.